The number of phenols is 1. The van der Waals surface area contributed by atoms with Crippen molar-refractivity contribution in [2.45, 2.75) is 27.2 Å². The number of alkyl halides is 3. The van der Waals surface area contributed by atoms with Gasteiger partial charge in [0.25, 0.3) is 15.7 Å². The number of phenolic OH excluding ortho intramolecular Hbond substituents is 1. The topological polar surface area (TPSA) is 130 Å². The molecule has 1 heterocycles. The van der Waals surface area contributed by atoms with Crippen molar-refractivity contribution < 1.29 is 39.9 Å². The van der Waals surface area contributed by atoms with Gasteiger partial charge in [-0.25, -0.2) is 21.8 Å². The summed E-state index contributed by atoms with van der Waals surface area (Å²) in [4.78, 5) is 14.9. The number of benzene rings is 1. The summed E-state index contributed by atoms with van der Waals surface area (Å²) in [5, 5.41) is 12.1. The fraction of sp³-hybridized carbons (Fsp3) is 0.250. The van der Waals surface area contributed by atoms with Crippen LogP contribution in [-0.4, -0.2) is 50.4 Å². The van der Waals surface area contributed by atoms with Crippen molar-refractivity contribution in [1.29, 1.82) is 0 Å². The number of nitrogens with one attached hydrogen (secondary N) is 1. The van der Waals surface area contributed by atoms with Gasteiger partial charge in [0.15, 0.2) is 9.84 Å². The average molecular weight is 484 g/mol. The lowest BCUT2D eigenvalue weighted by molar-refractivity contribution is -0.0436. The van der Waals surface area contributed by atoms with Crippen molar-refractivity contribution in [1.82, 2.24) is 4.98 Å². The highest BCUT2D eigenvalue weighted by molar-refractivity contribution is 7.98. The summed E-state index contributed by atoms with van der Waals surface area (Å²) in [6.07, 6.45) is 1.62. The highest BCUT2D eigenvalue weighted by atomic mass is 32.2. The minimum atomic E-state index is -5.74. The Hall–Kier alpha value is -2.32. The number of rotatable bonds is 6. The number of hydrogen-bond donors (Lipinski definition) is 2. The number of aromatic hydroxyl groups is 1. The molecule has 0 atom stereocenters. The number of carbonyl (C=O) groups excluding carboxylic acids is 1. The summed E-state index contributed by atoms with van der Waals surface area (Å²) in [7, 11) is -9.63. The van der Waals surface area contributed by atoms with Crippen LogP contribution >= 0.6 is 11.8 Å². The van der Waals surface area contributed by atoms with Crippen LogP contribution in [0.3, 0.4) is 0 Å². The van der Waals surface area contributed by atoms with Crippen molar-refractivity contribution in [2.75, 3.05) is 17.3 Å². The molecular formula is C16H15F3N2O6S3. The molecule has 0 radical (unpaired) electrons. The molecule has 2 N–H and O–H groups in total. The second-order valence-corrected chi connectivity index (χ2v) is 10.7. The van der Waals surface area contributed by atoms with Gasteiger partial charge in [0.2, 0.25) is 0 Å². The third-order valence-corrected chi connectivity index (χ3v) is 7.69. The molecule has 30 heavy (non-hydrogen) atoms. The molecule has 0 saturated carbocycles. The van der Waals surface area contributed by atoms with Gasteiger partial charge in [-0.15, -0.1) is 11.8 Å². The van der Waals surface area contributed by atoms with Crippen LogP contribution in [0.4, 0.5) is 18.9 Å². The molecule has 2 rings (SSSR count). The number of pyridine rings is 1. The SMILES string of the molecule is CCS(=O)(=O)c1ccc(SC)nc1C(=O)Nc1cc(S(=O)(=O)C(F)(F)F)ccc1O. The summed E-state index contributed by atoms with van der Waals surface area (Å²) in [5.74, 6) is -2.24. The highest BCUT2D eigenvalue weighted by Gasteiger charge is 2.47. The van der Waals surface area contributed by atoms with Crippen LogP contribution in [0.1, 0.15) is 17.4 Å². The van der Waals surface area contributed by atoms with Gasteiger partial charge in [0, 0.05) is 0 Å². The Kier molecular flexibility index (Phi) is 6.73. The number of sulfone groups is 2. The maximum atomic E-state index is 12.8. The van der Waals surface area contributed by atoms with E-state index in [9.17, 15) is 39.9 Å². The number of aromatic nitrogens is 1. The minimum absolute atomic E-state index is 0.285. The molecular weight excluding hydrogens is 469 g/mol. The Morgan fingerprint density at radius 2 is 1.80 bits per heavy atom. The molecule has 14 heteroatoms. The number of halogens is 3. The summed E-state index contributed by atoms with van der Waals surface area (Å²) in [6, 6.07) is 4.13. The Balaban J connectivity index is 2.55. The predicted octanol–water partition coefficient (Wildman–Crippen LogP) is 2.85. The Bertz CT molecular complexity index is 1200. The smallest absolute Gasteiger partial charge is 0.501 e. The van der Waals surface area contributed by atoms with E-state index in [0.29, 0.717) is 18.2 Å². The maximum Gasteiger partial charge on any atom is 0.501 e. The van der Waals surface area contributed by atoms with Crippen LogP contribution in [0, 0.1) is 0 Å². The molecule has 8 nitrogen and oxygen atoms in total. The van der Waals surface area contributed by atoms with Crippen molar-refractivity contribution in [2.24, 2.45) is 0 Å². The quantitative estimate of drug-likeness (QED) is 0.473. The number of thioether (sulfide) groups is 1. The lowest BCUT2D eigenvalue weighted by Crippen LogP contribution is -2.23. The number of anilines is 1. The molecule has 0 saturated heterocycles. The molecule has 2 aromatic rings. The van der Waals surface area contributed by atoms with Gasteiger partial charge < -0.3 is 10.4 Å². The van der Waals surface area contributed by atoms with Crippen molar-refractivity contribution in [3.8, 4) is 5.75 Å². The molecule has 0 spiro atoms. The van der Waals surface area contributed by atoms with Crippen LogP contribution in [0.5, 0.6) is 5.75 Å². The van der Waals surface area contributed by atoms with E-state index in [1.165, 1.54) is 13.0 Å². The molecule has 1 aromatic heterocycles. The first kappa shape index (κ1) is 24.0. The average Bonchev–Trinajstić information content (AvgIpc) is 2.68. The molecule has 0 aliphatic heterocycles. The molecule has 1 amide bonds. The number of amides is 1. The second-order valence-electron chi connectivity index (χ2n) is 5.69. The van der Waals surface area contributed by atoms with E-state index in [2.05, 4.69) is 4.98 Å². The number of hydrogen-bond acceptors (Lipinski definition) is 8. The Labute approximate surface area is 174 Å². The first-order chi connectivity index (χ1) is 13.7. The van der Waals surface area contributed by atoms with Crippen LogP contribution in [0.25, 0.3) is 0 Å². The van der Waals surface area contributed by atoms with Gasteiger partial charge in [0.05, 0.1) is 26.3 Å². The lowest BCUT2D eigenvalue weighted by atomic mass is 10.2. The molecule has 164 valence electrons. The Morgan fingerprint density at radius 3 is 2.33 bits per heavy atom. The largest absolute Gasteiger partial charge is 0.506 e. The third-order valence-electron chi connectivity index (χ3n) is 3.80. The van der Waals surface area contributed by atoms with Crippen LogP contribution in [0.15, 0.2) is 45.1 Å². The van der Waals surface area contributed by atoms with Crippen LogP contribution in [-0.2, 0) is 19.7 Å². The molecule has 0 bridgehead atoms. The first-order valence-electron chi connectivity index (χ1n) is 7.98. The van der Waals surface area contributed by atoms with Gasteiger partial charge in [-0.2, -0.15) is 13.2 Å². The molecule has 0 unspecified atom stereocenters. The van der Waals surface area contributed by atoms with Gasteiger partial charge >= 0.3 is 5.51 Å². The normalized spacial score (nSPS) is 12.6. The molecule has 0 aliphatic rings. The summed E-state index contributed by atoms with van der Waals surface area (Å²) < 4.78 is 86.0. The van der Waals surface area contributed by atoms with Crippen molar-refractivity contribution >= 4 is 43.0 Å². The van der Waals surface area contributed by atoms with Crippen LogP contribution < -0.4 is 5.32 Å². The van der Waals surface area contributed by atoms with E-state index < -0.39 is 58.0 Å². The van der Waals surface area contributed by atoms with E-state index >= 15 is 0 Å². The van der Waals surface area contributed by atoms with Crippen molar-refractivity contribution in [3.63, 3.8) is 0 Å². The lowest BCUT2D eigenvalue weighted by Gasteiger charge is -2.13. The minimum Gasteiger partial charge on any atom is -0.506 e. The van der Waals surface area contributed by atoms with E-state index in [-0.39, 0.29) is 10.8 Å². The van der Waals surface area contributed by atoms with Gasteiger partial charge in [-0.3, -0.25) is 4.79 Å². The van der Waals surface area contributed by atoms with Gasteiger partial charge in [-0.1, -0.05) is 6.92 Å². The van der Waals surface area contributed by atoms with Gasteiger partial charge in [0.1, 0.15) is 11.4 Å². The number of carbonyl (C=O) groups is 1. The highest BCUT2D eigenvalue weighted by Crippen LogP contribution is 2.34. The fourth-order valence-electron chi connectivity index (χ4n) is 2.21. The third kappa shape index (κ3) is 4.70. The van der Waals surface area contributed by atoms with E-state index in [1.54, 1.807) is 6.26 Å². The van der Waals surface area contributed by atoms with E-state index in [0.717, 1.165) is 17.8 Å². The first-order valence-corrected chi connectivity index (χ1v) is 12.3. The summed E-state index contributed by atoms with van der Waals surface area (Å²) in [5.41, 5.74) is -6.81. The maximum absolute atomic E-state index is 12.8. The predicted molar refractivity (Wildman–Crippen MR) is 103 cm³/mol. The van der Waals surface area contributed by atoms with E-state index in [4.69, 9.17) is 0 Å². The zero-order chi connectivity index (χ0) is 22.9. The zero-order valence-electron chi connectivity index (χ0n) is 15.4. The van der Waals surface area contributed by atoms with Crippen molar-refractivity contribution in [3.05, 3.63) is 36.0 Å². The van der Waals surface area contributed by atoms with Crippen LogP contribution in [0.2, 0.25) is 0 Å². The fourth-order valence-corrected chi connectivity index (χ4v) is 4.40. The Morgan fingerprint density at radius 1 is 1.17 bits per heavy atom. The monoisotopic (exact) mass is 484 g/mol. The molecule has 1 aromatic carbocycles. The standard InChI is InChI=1S/C16H15F3N2O6S3/c1-3-29(24,25)12-6-7-13(28-2)21-14(12)15(23)20-10-8-9(4-5-11(10)22)30(26,27)16(17,18)19/h4-8,22H,3H2,1-2H3,(H,20,23). The zero-order valence-corrected chi connectivity index (χ0v) is 17.8. The summed E-state index contributed by atoms with van der Waals surface area (Å²) >= 11 is 1.11. The molecule has 0 aliphatic carbocycles. The second kappa shape index (κ2) is 8.43. The molecule has 0 fully saturated rings. The van der Waals surface area contributed by atoms with Gasteiger partial charge in [-0.05, 0) is 36.6 Å². The number of nitrogens with zero attached hydrogens (tertiary/aromatic N) is 1. The van der Waals surface area contributed by atoms with E-state index in [1.807, 2.05) is 5.32 Å². The summed E-state index contributed by atoms with van der Waals surface area (Å²) in [6.45, 7) is 1.34.